The first-order valence-corrected chi connectivity index (χ1v) is 8.28. The van der Waals surface area contributed by atoms with Crippen molar-refractivity contribution in [3.63, 3.8) is 0 Å². The topological polar surface area (TPSA) is 73.6 Å². The van der Waals surface area contributed by atoms with Crippen molar-refractivity contribution in [1.82, 2.24) is 4.90 Å². The average molecular weight is 228 g/mol. The minimum absolute atomic E-state index is 0.170. The fraction of sp³-hybridized carbons (Fsp3) is 0.778. The maximum atomic E-state index is 10.7. The molecular weight excluding hydrogens is 212 g/mol. The van der Waals surface area contributed by atoms with E-state index in [0.717, 1.165) is 0 Å². The highest BCUT2D eigenvalue weighted by molar-refractivity contribution is 6.69. The number of rotatable bonds is 2. The summed E-state index contributed by atoms with van der Waals surface area (Å²) in [7, 11) is -1.82. The van der Waals surface area contributed by atoms with Gasteiger partial charge in [0, 0.05) is 13.0 Å². The summed E-state index contributed by atoms with van der Waals surface area (Å²) in [6, 6.07) is 2.13. The van der Waals surface area contributed by atoms with Crippen molar-refractivity contribution in [3.8, 4) is 6.07 Å². The third kappa shape index (κ3) is 2.94. The van der Waals surface area contributed by atoms with Gasteiger partial charge in [0.25, 0.3) is 0 Å². The zero-order chi connectivity index (χ0) is 11.7. The van der Waals surface area contributed by atoms with Gasteiger partial charge in [0.15, 0.2) is 13.9 Å². The number of carboxylic acid groups (broad SMARTS) is 1. The van der Waals surface area contributed by atoms with Gasteiger partial charge in [-0.25, -0.2) is 4.79 Å². The summed E-state index contributed by atoms with van der Waals surface area (Å²) in [5.74, 6) is 0. The maximum Gasteiger partial charge on any atom is 0.407 e. The Morgan fingerprint density at radius 1 is 1.60 bits per heavy atom. The summed E-state index contributed by atoms with van der Waals surface area (Å²) in [6.45, 7) is 6.54. The minimum atomic E-state index is -1.82. The van der Waals surface area contributed by atoms with E-state index in [1.54, 1.807) is 0 Å². The van der Waals surface area contributed by atoms with Crippen molar-refractivity contribution in [2.24, 2.45) is 0 Å². The molecule has 1 aliphatic heterocycles. The first kappa shape index (κ1) is 12.0. The number of hydrogen-bond acceptors (Lipinski definition) is 3. The van der Waals surface area contributed by atoms with E-state index in [2.05, 4.69) is 6.07 Å². The van der Waals surface area contributed by atoms with E-state index in [0.29, 0.717) is 13.0 Å². The molecule has 0 radical (unpaired) electrons. The van der Waals surface area contributed by atoms with E-state index >= 15 is 0 Å². The van der Waals surface area contributed by atoms with Crippen LogP contribution in [0.3, 0.4) is 0 Å². The molecule has 0 aliphatic carbocycles. The highest BCUT2D eigenvalue weighted by atomic mass is 28.4. The molecule has 1 aliphatic rings. The fourth-order valence-corrected chi connectivity index (χ4v) is 3.11. The maximum absolute atomic E-state index is 10.7. The lowest BCUT2D eigenvalue weighted by Crippen LogP contribution is -2.44. The SMILES string of the molecule is C[Si](C)(C)OC1(C#N)CCN(C(=O)O)C1. The highest BCUT2D eigenvalue weighted by Gasteiger charge is 2.44. The Labute approximate surface area is 90.4 Å². The van der Waals surface area contributed by atoms with Gasteiger partial charge in [0.05, 0.1) is 12.6 Å². The largest absolute Gasteiger partial charge is 0.465 e. The van der Waals surface area contributed by atoms with Crippen LogP contribution in [0.4, 0.5) is 4.79 Å². The third-order valence-electron chi connectivity index (χ3n) is 2.21. The molecule has 6 heteroatoms. The van der Waals surface area contributed by atoms with Gasteiger partial charge in [0.2, 0.25) is 0 Å². The normalized spacial score (nSPS) is 26.4. The van der Waals surface area contributed by atoms with Crippen LogP contribution >= 0.6 is 0 Å². The molecular formula is C9H16N2O3Si. The van der Waals surface area contributed by atoms with Gasteiger partial charge < -0.3 is 14.4 Å². The molecule has 0 aromatic heterocycles. The fourth-order valence-electron chi connectivity index (χ4n) is 1.73. The Bertz CT molecular complexity index is 307. The van der Waals surface area contributed by atoms with Gasteiger partial charge in [-0.15, -0.1) is 0 Å². The first-order valence-electron chi connectivity index (χ1n) is 4.87. The Hall–Kier alpha value is -1.06. The Morgan fingerprint density at radius 3 is 2.53 bits per heavy atom. The lowest BCUT2D eigenvalue weighted by atomic mass is 10.1. The molecule has 1 saturated heterocycles. The molecule has 84 valence electrons. The van der Waals surface area contributed by atoms with Gasteiger partial charge in [-0.2, -0.15) is 5.26 Å². The second kappa shape index (κ2) is 3.83. The van der Waals surface area contributed by atoms with E-state index in [9.17, 15) is 4.79 Å². The number of nitrogens with zero attached hydrogens (tertiary/aromatic N) is 2. The Kier molecular flexibility index (Phi) is 3.07. The summed E-state index contributed by atoms with van der Waals surface area (Å²) in [4.78, 5) is 12.0. The van der Waals surface area contributed by atoms with Gasteiger partial charge >= 0.3 is 6.09 Å². The van der Waals surface area contributed by atoms with Crippen LogP contribution in [0.5, 0.6) is 0 Å². The lowest BCUT2D eigenvalue weighted by Gasteiger charge is -2.29. The number of amides is 1. The zero-order valence-corrected chi connectivity index (χ0v) is 10.3. The molecule has 1 N–H and O–H groups in total. The van der Waals surface area contributed by atoms with E-state index < -0.39 is 20.0 Å². The quantitative estimate of drug-likeness (QED) is 0.727. The molecule has 0 bridgehead atoms. The van der Waals surface area contributed by atoms with E-state index in [1.807, 2.05) is 19.6 Å². The molecule has 1 fully saturated rings. The van der Waals surface area contributed by atoms with Crippen LogP contribution in [0.2, 0.25) is 19.6 Å². The van der Waals surface area contributed by atoms with Crippen molar-refractivity contribution < 1.29 is 14.3 Å². The molecule has 0 aromatic rings. The predicted molar refractivity (Wildman–Crippen MR) is 57.0 cm³/mol. The van der Waals surface area contributed by atoms with Crippen molar-refractivity contribution in [3.05, 3.63) is 0 Å². The second-order valence-corrected chi connectivity index (χ2v) is 9.20. The van der Waals surface area contributed by atoms with E-state index in [1.165, 1.54) is 4.90 Å². The smallest absolute Gasteiger partial charge is 0.407 e. The van der Waals surface area contributed by atoms with Crippen LogP contribution in [0, 0.1) is 11.3 Å². The molecule has 1 unspecified atom stereocenters. The lowest BCUT2D eigenvalue weighted by molar-refractivity contribution is 0.115. The first-order chi connectivity index (χ1) is 6.78. The summed E-state index contributed by atoms with van der Waals surface area (Å²) in [5.41, 5.74) is -0.914. The molecule has 1 atom stereocenters. The van der Waals surface area contributed by atoms with Crippen LogP contribution in [0.25, 0.3) is 0 Å². The third-order valence-corrected chi connectivity index (χ3v) is 3.21. The minimum Gasteiger partial charge on any atom is -0.465 e. The summed E-state index contributed by atoms with van der Waals surface area (Å²) in [5, 5.41) is 17.9. The molecule has 1 amide bonds. The molecule has 15 heavy (non-hydrogen) atoms. The summed E-state index contributed by atoms with van der Waals surface area (Å²) in [6.07, 6.45) is -0.508. The van der Waals surface area contributed by atoms with Gasteiger partial charge in [0.1, 0.15) is 0 Å². The summed E-state index contributed by atoms with van der Waals surface area (Å²) >= 11 is 0. The molecule has 1 rings (SSSR count). The Morgan fingerprint density at radius 2 is 2.20 bits per heavy atom. The van der Waals surface area contributed by atoms with E-state index in [4.69, 9.17) is 14.8 Å². The zero-order valence-electron chi connectivity index (χ0n) is 9.28. The molecule has 0 spiro atoms. The van der Waals surface area contributed by atoms with Gasteiger partial charge in [-0.05, 0) is 19.6 Å². The van der Waals surface area contributed by atoms with Crippen molar-refractivity contribution in [1.29, 1.82) is 5.26 Å². The van der Waals surface area contributed by atoms with Crippen molar-refractivity contribution in [2.45, 2.75) is 31.7 Å². The molecule has 0 saturated carbocycles. The number of likely N-dealkylation sites (tertiary alicyclic amines) is 1. The van der Waals surface area contributed by atoms with Gasteiger partial charge in [-0.1, -0.05) is 0 Å². The van der Waals surface area contributed by atoms with Crippen LogP contribution in [-0.4, -0.2) is 43.1 Å². The van der Waals surface area contributed by atoms with Crippen LogP contribution < -0.4 is 0 Å². The number of carbonyl (C=O) groups is 1. The van der Waals surface area contributed by atoms with E-state index in [-0.39, 0.29) is 6.54 Å². The van der Waals surface area contributed by atoms with Crippen molar-refractivity contribution in [2.75, 3.05) is 13.1 Å². The second-order valence-electron chi connectivity index (χ2n) is 4.77. The monoisotopic (exact) mass is 228 g/mol. The number of nitriles is 1. The van der Waals surface area contributed by atoms with Crippen LogP contribution in [0.1, 0.15) is 6.42 Å². The molecule has 5 nitrogen and oxygen atoms in total. The molecule has 0 aromatic carbocycles. The van der Waals surface area contributed by atoms with Crippen LogP contribution in [-0.2, 0) is 4.43 Å². The molecule has 1 heterocycles. The van der Waals surface area contributed by atoms with Crippen molar-refractivity contribution >= 4 is 14.4 Å². The highest BCUT2D eigenvalue weighted by Crippen LogP contribution is 2.28. The Balaban J connectivity index is 2.74. The number of hydrogen-bond donors (Lipinski definition) is 1. The predicted octanol–water partition coefficient (Wildman–Crippen LogP) is 1.48. The van der Waals surface area contributed by atoms with Crippen LogP contribution in [0.15, 0.2) is 0 Å². The van der Waals surface area contributed by atoms with Gasteiger partial charge in [-0.3, -0.25) is 0 Å². The summed E-state index contributed by atoms with van der Waals surface area (Å²) < 4.78 is 5.79. The average Bonchev–Trinajstić information content (AvgIpc) is 2.47. The standard InChI is InChI=1S/C9H16N2O3Si/c1-15(2,3)14-9(6-10)4-5-11(7-9)8(12)13/h4-5,7H2,1-3H3,(H,12,13).